The summed E-state index contributed by atoms with van der Waals surface area (Å²) >= 11 is 0. The van der Waals surface area contributed by atoms with Crippen molar-refractivity contribution in [1.82, 2.24) is 0 Å². The molecule has 8 aliphatic heterocycles. The Hall–Kier alpha value is -1.68. The number of aliphatic hydroxyl groups excluding tert-OH is 5. The molecule has 9 fully saturated rings. The first-order valence-corrected chi connectivity index (χ1v) is 28.0. The Morgan fingerprint density at radius 1 is 0.658 bits per heavy atom. The maximum Gasteiger partial charge on any atom is 0.202 e. The fourth-order valence-corrected chi connectivity index (χ4v) is 16.4. The number of fused-ring (bicyclic) bond motifs is 3. The van der Waals surface area contributed by atoms with Gasteiger partial charge < -0.3 is 101 Å². The first-order chi connectivity index (χ1) is 36.2. The Balaban J connectivity index is 0.685. The topological polar surface area (TPSA) is 249 Å². The van der Waals surface area contributed by atoms with Gasteiger partial charge in [-0.1, -0.05) is 25.5 Å². The zero-order valence-electron chi connectivity index (χ0n) is 46.1. The lowest BCUT2D eigenvalue weighted by atomic mass is 9.47. The van der Waals surface area contributed by atoms with Gasteiger partial charge >= 0.3 is 0 Å². The van der Waals surface area contributed by atoms with Crippen LogP contribution in [-0.2, 0) is 75.8 Å². The van der Waals surface area contributed by atoms with Gasteiger partial charge in [-0.05, 0) is 90.4 Å². The molecule has 2 bridgehead atoms. The van der Waals surface area contributed by atoms with E-state index in [0.717, 1.165) is 37.9 Å². The molecule has 11 rings (SSSR count). The van der Waals surface area contributed by atoms with E-state index in [4.69, 9.17) is 75.8 Å². The van der Waals surface area contributed by atoms with Crippen molar-refractivity contribution in [2.24, 2.45) is 34.5 Å². The first kappa shape index (κ1) is 56.2. The van der Waals surface area contributed by atoms with Gasteiger partial charge in [0.2, 0.25) is 6.29 Å². The molecule has 3 aliphatic carbocycles. The molecule has 2 saturated carbocycles. The lowest BCUT2D eigenvalue weighted by molar-refractivity contribution is -0.373. The number of aliphatic hydroxyl groups is 5. The molecular formula is C55H86O21. The molecule has 0 unspecified atom stereocenters. The third kappa shape index (κ3) is 9.08. The van der Waals surface area contributed by atoms with Crippen molar-refractivity contribution in [2.45, 2.75) is 247 Å². The molecule has 11 aliphatic rings. The predicted octanol–water partition coefficient (Wildman–Crippen LogP) is 3.07. The number of ether oxygens (including phenoxy) is 16. The number of hydrogen-bond donors (Lipinski definition) is 5. The Bertz CT molecular complexity index is 2130. The van der Waals surface area contributed by atoms with E-state index in [2.05, 4.69) is 26.8 Å². The van der Waals surface area contributed by atoms with Crippen LogP contribution in [0.4, 0.5) is 0 Å². The van der Waals surface area contributed by atoms with E-state index in [9.17, 15) is 25.5 Å². The molecule has 7 saturated heterocycles. The molecular weight excluding hydrogens is 997 g/mol. The minimum Gasteiger partial charge on any atom is -0.497 e. The van der Waals surface area contributed by atoms with E-state index >= 15 is 0 Å². The molecule has 21 nitrogen and oxygen atoms in total. The maximum atomic E-state index is 11.5. The summed E-state index contributed by atoms with van der Waals surface area (Å²) in [6, 6.07) is 0. The van der Waals surface area contributed by atoms with Crippen LogP contribution in [0.25, 0.3) is 0 Å². The average Bonchev–Trinajstić information content (AvgIpc) is 4.00. The number of hydrogen-bond acceptors (Lipinski definition) is 21. The molecule has 29 atom stereocenters. The summed E-state index contributed by atoms with van der Waals surface area (Å²) in [5.41, 5.74) is 1.60. The average molecular weight is 1080 g/mol. The Morgan fingerprint density at radius 3 is 2.01 bits per heavy atom. The zero-order chi connectivity index (χ0) is 54.0. The Labute approximate surface area is 446 Å². The van der Waals surface area contributed by atoms with Gasteiger partial charge in [0.1, 0.15) is 66.8 Å². The molecule has 432 valence electrons. The molecule has 0 aromatic rings. The SMILES string of the molecule is COC1=C(O[C@@H]2C[C@H](OC)[C@H](O[C@@H]3C[C@H](OC)[C@H](O[C@@H]4O[C@H](C)[C@H](O[C@H]5O[C@@H](CO)[C@H](O)[C@@H](O)[C@@H]5O)[C@@H](OC)[C@@H]4O)[C@H](C)O3)[C@H](C)O2)[C@@H](C)O[C@@H]([C@H]2CC[C@@]3(C)C(=CC[C@@H]4[C@@H]3CC[C@]3(C)[C@@H]5[C@H]6CO[C@]5(C)O[C@@]43O6)C2)C1. The highest BCUT2D eigenvalue weighted by Gasteiger charge is 2.83. The van der Waals surface area contributed by atoms with Crippen LogP contribution in [0.3, 0.4) is 0 Å². The lowest BCUT2D eigenvalue weighted by Gasteiger charge is -2.59. The van der Waals surface area contributed by atoms with Gasteiger partial charge in [0, 0.05) is 51.9 Å². The fourth-order valence-electron chi connectivity index (χ4n) is 16.4. The van der Waals surface area contributed by atoms with Gasteiger partial charge in [0.05, 0.1) is 69.0 Å². The van der Waals surface area contributed by atoms with E-state index in [0.29, 0.717) is 43.0 Å². The zero-order valence-corrected chi connectivity index (χ0v) is 46.1. The summed E-state index contributed by atoms with van der Waals surface area (Å²) < 4.78 is 101. The van der Waals surface area contributed by atoms with Crippen LogP contribution in [0.1, 0.15) is 106 Å². The summed E-state index contributed by atoms with van der Waals surface area (Å²) in [6.07, 6.45) is -7.87. The summed E-state index contributed by atoms with van der Waals surface area (Å²) in [6.45, 7) is 14.5. The highest BCUT2D eigenvalue weighted by molar-refractivity contribution is 5.30. The second-order valence-corrected chi connectivity index (χ2v) is 24.4. The van der Waals surface area contributed by atoms with Crippen LogP contribution < -0.4 is 0 Å². The molecule has 21 heteroatoms. The molecule has 0 aromatic carbocycles. The molecule has 5 N–H and O–H groups in total. The highest BCUT2D eigenvalue weighted by atomic mass is 16.8. The van der Waals surface area contributed by atoms with Crippen LogP contribution >= 0.6 is 0 Å². The summed E-state index contributed by atoms with van der Waals surface area (Å²) in [5, 5.41) is 52.4. The van der Waals surface area contributed by atoms with E-state index in [-0.39, 0.29) is 41.5 Å². The second-order valence-electron chi connectivity index (χ2n) is 24.4. The van der Waals surface area contributed by atoms with Crippen molar-refractivity contribution in [1.29, 1.82) is 0 Å². The van der Waals surface area contributed by atoms with Gasteiger partial charge in [0.25, 0.3) is 0 Å². The van der Waals surface area contributed by atoms with E-state index in [1.54, 1.807) is 33.8 Å². The fraction of sp³-hybridized carbons (Fsp3) is 0.927. The van der Waals surface area contributed by atoms with Crippen molar-refractivity contribution in [2.75, 3.05) is 41.7 Å². The van der Waals surface area contributed by atoms with Crippen LogP contribution in [0, 0.1) is 34.5 Å². The maximum absolute atomic E-state index is 11.5. The van der Waals surface area contributed by atoms with Crippen LogP contribution in [0.5, 0.6) is 0 Å². The van der Waals surface area contributed by atoms with Crippen molar-refractivity contribution < 1.29 is 101 Å². The van der Waals surface area contributed by atoms with Crippen molar-refractivity contribution in [3.8, 4) is 0 Å². The quantitative estimate of drug-likeness (QED) is 0.157. The van der Waals surface area contributed by atoms with Gasteiger partial charge in [-0.3, -0.25) is 0 Å². The van der Waals surface area contributed by atoms with Gasteiger partial charge in [-0.15, -0.1) is 0 Å². The molecule has 0 amide bonds. The summed E-state index contributed by atoms with van der Waals surface area (Å²) in [7, 11) is 6.29. The molecule has 0 spiro atoms. The number of rotatable bonds is 14. The monoisotopic (exact) mass is 1080 g/mol. The summed E-state index contributed by atoms with van der Waals surface area (Å²) in [5.74, 6) is 1.67. The van der Waals surface area contributed by atoms with E-state index in [1.807, 2.05) is 20.8 Å². The highest BCUT2D eigenvalue weighted by Crippen LogP contribution is 2.76. The van der Waals surface area contributed by atoms with Gasteiger partial charge in [-0.25, -0.2) is 0 Å². The van der Waals surface area contributed by atoms with Crippen molar-refractivity contribution in [3.63, 3.8) is 0 Å². The van der Waals surface area contributed by atoms with E-state index in [1.165, 1.54) is 13.5 Å². The summed E-state index contributed by atoms with van der Waals surface area (Å²) in [4.78, 5) is 0. The predicted molar refractivity (Wildman–Crippen MR) is 262 cm³/mol. The smallest absolute Gasteiger partial charge is 0.202 e. The minimum atomic E-state index is -1.66. The molecule has 0 aromatic heterocycles. The van der Waals surface area contributed by atoms with Crippen molar-refractivity contribution in [3.05, 3.63) is 23.2 Å². The van der Waals surface area contributed by atoms with Gasteiger partial charge in [-0.2, -0.15) is 0 Å². The second kappa shape index (κ2) is 21.3. The third-order valence-electron chi connectivity index (χ3n) is 20.3. The molecule has 76 heavy (non-hydrogen) atoms. The standard InChI is InChI=1S/C55H86O21/c1-24-44(33(61-8)19-32(66-24)28-14-16-52(5)29(18-28)12-13-31-30(52)15-17-53(6)49-37-23-65-54(49,7)76-55(31,53)75-37)71-38-20-34(62-9)45(25(2)67-38)72-39-21-35(63-10)46(26(3)68-39)73-51-43(60)48(64-11)47(27(4)69-51)74-50-42(59)41(58)40(57)36(22-56)70-50/h12,24-28,30-32,34-43,45-51,56-60H,13-23H2,1-11H3/t24-,25+,26+,27-,28+,30+,31-,32-,34+,35+,36+,37-,38-,39-,40+,41-,42+,43+,45-,46-,47+,48+,49+,50-,51+,52+,53-,54-,55+/m1/s1. The normalized spacial score (nSPS) is 54.9. The molecule has 8 heterocycles. The number of methoxy groups -OCH3 is 4. The Morgan fingerprint density at radius 2 is 1.33 bits per heavy atom. The third-order valence-corrected chi connectivity index (χ3v) is 20.3. The lowest BCUT2D eigenvalue weighted by Crippen LogP contribution is -2.65. The first-order valence-electron chi connectivity index (χ1n) is 28.0. The Kier molecular flexibility index (Phi) is 15.7. The van der Waals surface area contributed by atoms with Crippen molar-refractivity contribution >= 4 is 0 Å². The number of allylic oxidation sites excluding steroid dienone is 2. The minimum absolute atomic E-state index is 0.0285. The van der Waals surface area contributed by atoms with Crippen LogP contribution in [0.2, 0.25) is 0 Å². The van der Waals surface area contributed by atoms with Crippen LogP contribution in [-0.4, -0.2) is 208 Å². The van der Waals surface area contributed by atoms with E-state index < -0.39 is 129 Å². The van der Waals surface area contributed by atoms with Gasteiger partial charge in [0.15, 0.2) is 36.2 Å². The largest absolute Gasteiger partial charge is 0.497 e. The van der Waals surface area contributed by atoms with Crippen LogP contribution in [0.15, 0.2) is 23.2 Å². The molecule has 0 radical (unpaired) electrons.